The second-order valence-electron chi connectivity index (χ2n) is 16.4. The summed E-state index contributed by atoms with van der Waals surface area (Å²) in [5.74, 6) is 0. The average molecular weight is 726 g/mol. The molecule has 0 saturated carbocycles. The Morgan fingerprint density at radius 2 is 0.807 bits per heavy atom. The Labute approximate surface area is 334 Å². The van der Waals surface area contributed by atoms with Crippen LogP contribution < -0.4 is 4.90 Å². The third-order valence-corrected chi connectivity index (χ3v) is 13.3. The Kier molecular flexibility index (Phi) is 6.67. The molecule has 9 aromatic rings. The molecule has 0 atom stereocenters. The van der Waals surface area contributed by atoms with Gasteiger partial charge in [0.05, 0.1) is 11.1 Å². The topological polar surface area (TPSA) is 3.24 Å². The van der Waals surface area contributed by atoms with Gasteiger partial charge in [0, 0.05) is 22.2 Å². The van der Waals surface area contributed by atoms with E-state index in [1.807, 2.05) is 0 Å². The number of hydrogen-bond acceptors (Lipinski definition) is 1. The van der Waals surface area contributed by atoms with Gasteiger partial charge in [-0.05, 0) is 114 Å². The van der Waals surface area contributed by atoms with E-state index in [0.29, 0.717) is 0 Å². The number of nitrogens with zero attached hydrogens (tertiary/aromatic N) is 1. The number of rotatable bonds is 4. The van der Waals surface area contributed by atoms with Crippen LogP contribution >= 0.6 is 0 Å². The van der Waals surface area contributed by atoms with E-state index < -0.39 is 0 Å². The third-order valence-electron chi connectivity index (χ3n) is 13.3. The molecule has 0 bridgehead atoms. The van der Waals surface area contributed by atoms with Crippen molar-refractivity contribution < 1.29 is 0 Å². The van der Waals surface area contributed by atoms with E-state index in [1.54, 1.807) is 0 Å². The van der Waals surface area contributed by atoms with Crippen molar-refractivity contribution in [1.29, 1.82) is 0 Å². The third kappa shape index (κ3) is 4.24. The van der Waals surface area contributed by atoms with Gasteiger partial charge in [0.15, 0.2) is 0 Å². The molecule has 0 N–H and O–H groups in total. The Hall–Kier alpha value is -6.96. The van der Waals surface area contributed by atoms with Crippen molar-refractivity contribution in [3.05, 3.63) is 234 Å². The zero-order valence-corrected chi connectivity index (χ0v) is 32.0. The minimum Gasteiger partial charge on any atom is -0.310 e. The van der Waals surface area contributed by atoms with E-state index in [1.165, 1.54) is 88.7 Å². The first kappa shape index (κ1) is 32.3. The summed E-state index contributed by atoms with van der Waals surface area (Å²) in [4.78, 5) is 2.46. The van der Waals surface area contributed by atoms with Gasteiger partial charge in [0.2, 0.25) is 0 Å². The number of hydrogen-bond donors (Lipinski definition) is 0. The lowest BCUT2D eigenvalue weighted by atomic mass is 9.70. The van der Waals surface area contributed by atoms with Crippen LogP contribution in [0.2, 0.25) is 0 Å². The molecular weight excluding hydrogens is 687 g/mol. The van der Waals surface area contributed by atoms with Crippen LogP contribution in [0.25, 0.3) is 55.3 Å². The fourth-order valence-corrected chi connectivity index (χ4v) is 10.9. The van der Waals surface area contributed by atoms with E-state index in [2.05, 4.69) is 219 Å². The molecule has 9 aromatic carbocycles. The molecule has 0 aliphatic heterocycles. The Morgan fingerprint density at radius 3 is 1.51 bits per heavy atom. The van der Waals surface area contributed by atoms with Crippen LogP contribution in [0, 0.1) is 0 Å². The second kappa shape index (κ2) is 11.8. The van der Waals surface area contributed by atoms with E-state index in [0.717, 1.165) is 17.1 Å². The average Bonchev–Trinajstić information content (AvgIpc) is 3.83. The standard InChI is InChI=1S/C56H39N/c1-55(2)47-26-12-8-20-40(47)43-32-31-37(35-52(43)55)57(36-17-4-3-5-18-36)53-34-33-39(38-19-6-7-23-44(38)53)45-25-16-30-51-54(45)46-24-11-15-29-50(46)56(51)48-27-13-9-21-41(48)42-22-10-14-28-49(42)56/h3-35H,1-2H3. The van der Waals surface area contributed by atoms with Crippen LogP contribution in [0.5, 0.6) is 0 Å². The molecule has 3 aliphatic carbocycles. The summed E-state index contributed by atoms with van der Waals surface area (Å²) in [6.45, 7) is 4.73. The summed E-state index contributed by atoms with van der Waals surface area (Å²) in [5.41, 5.74) is 21.7. The van der Waals surface area contributed by atoms with E-state index in [-0.39, 0.29) is 10.8 Å². The zero-order chi connectivity index (χ0) is 37.9. The van der Waals surface area contributed by atoms with E-state index >= 15 is 0 Å². The van der Waals surface area contributed by atoms with Crippen molar-refractivity contribution >= 4 is 27.8 Å². The minimum absolute atomic E-state index is 0.0993. The van der Waals surface area contributed by atoms with Crippen molar-refractivity contribution in [2.75, 3.05) is 4.90 Å². The molecule has 1 spiro atoms. The molecule has 268 valence electrons. The van der Waals surface area contributed by atoms with Gasteiger partial charge in [-0.3, -0.25) is 0 Å². The maximum absolute atomic E-state index is 2.46. The molecule has 0 heterocycles. The quantitative estimate of drug-likeness (QED) is 0.175. The summed E-state index contributed by atoms with van der Waals surface area (Å²) in [7, 11) is 0. The van der Waals surface area contributed by atoms with Gasteiger partial charge in [-0.1, -0.05) is 184 Å². The predicted octanol–water partition coefficient (Wildman–Crippen LogP) is 14.6. The Morgan fingerprint density at radius 1 is 0.316 bits per heavy atom. The van der Waals surface area contributed by atoms with Gasteiger partial charge in [0.1, 0.15) is 0 Å². The lowest BCUT2D eigenvalue weighted by Crippen LogP contribution is -2.25. The molecular formula is C56H39N. The van der Waals surface area contributed by atoms with Crippen molar-refractivity contribution in [3.8, 4) is 44.5 Å². The minimum atomic E-state index is -0.379. The van der Waals surface area contributed by atoms with Crippen molar-refractivity contribution in [3.63, 3.8) is 0 Å². The lowest BCUT2D eigenvalue weighted by Gasteiger charge is -2.30. The molecule has 0 saturated heterocycles. The lowest BCUT2D eigenvalue weighted by molar-refractivity contribution is 0.660. The summed E-state index contributed by atoms with van der Waals surface area (Å²) in [6, 6.07) is 74.8. The van der Waals surface area contributed by atoms with Crippen LogP contribution in [0.15, 0.2) is 200 Å². The molecule has 57 heavy (non-hydrogen) atoms. The maximum Gasteiger partial charge on any atom is 0.0725 e. The number of para-hydroxylation sites is 1. The fourth-order valence-electron chi connectivity index (χ4n) is 10.9. The highest BCUT2D eigenvalue weighted by Crippen LogP contribution is 2.64. The smallest absolute Gasteiger partial charge is 0.0725 e. The summed E-state index contributed by atoms with van der Waals surface area (Å²) >= 11 is 0. The maximum atomic E-state index is 2.46. The molecule has 0 radical (unpaired) electrons. The number of benzene rings is 9. The highest BCUT2D eigenvalue weighted by Gasteiger charge is 2.52. The predicted molar refractivity (Wildman–Crippen MR) is 238 cm³/mol. The number of anilines is 3. The summed E-state index contributed by atoms with van der Waals surface area (Å²) in [6.07, 6.45) is 0. The SMILES string of the molecule is CC1(C)c2ccccc2-c2ccc(N(c3ccccc3)c3ccc(-c4cccc5c4-c4ccccc4C54c5ccccc5-c5ccccc54)c4ccccc34)cc21. The van der Waals surface area contributed by atoms with Crippen LogP contribution in [0.1, 0.15) is 47.2 Å². The summed E-state index contributed by atoms with van der Waals surface area (Å²) < 4.78 is 0. The van der Waals surface area contributed by atoms with E-state index in [9.17, 15) is 0 Å². The molecule has 0 aromatic heterocycles. The van der Waals surface area contributed by atoms with Crippen LogP contribution in [0.4, 0.5) is 17.1 Å². The van der Waals surface area contributed by atoms with Gasteiger partial charge in [-0.25, -0.2) is 0 Å². The van der Waals surface area contributed by atoms with Crippen molar-refractivity contribution in [1.82, 2.24) is 0 Å². The normalized spacial score (nSPS) is 14.4. The van der Waals surface area contributed by atoms with Crippen LogP contribution in [-0.4, -0.2) is 0 Å². The van der Waals surface area contributed by atoms with Crippen molar-refractivity contribution in [2.24, 2.45) is 0 Å². The van der Waals surface area contributed by atoms with E-state index in [4.69, 9.17) is 0 Å². The molecule has 1 heteroatoms. The Bertz CT molecular complexity index is 3070. The zero-order valence-electron chi connectivity index (χ0n) is 32.0. The number of fused-ring (bicyclic) bond motifs is 14. The fraction of sp³-hybridized carbons (Fsp3) is 0.0714. The first-order valence-electron chi connectivity index (χ1n) is 20.1. The molecule has 3 aliphatic rings. The first-order chi connectivity index (χ1) is 28.1. The van der Waals surface area contributed by atoms with Gasteiger partial charge in [-0.2, -0.15) is 0 Å². The van der Waals surface area contributed by atoms with Crippen molar-refractivity contribution in [2.45, 2.75) is 24.7 Å². The summed E-state index contributed by atoms with van der Waals surface area (Å²) in [5, 5.41) is 2.46. The Balaban J connectivity index is 1.09. The van der Waals surface area contributed by atoms with Crippen LogP contribution in [0.3, 0.4) is 0 Å². The van der Waals surface area contributed by atoms with Gasteiger partial charge < -0.3 is 4.90 Å². The molecule has 0 amide bonds. The van der Waals surface area contributed by atoms with Gasteiger partial charge >= 0.3 is 0 Å². The molecule has 0 unspecified atom stereocenters. The highest BCUT2D eigenvalue weighted by atomic mass is 15.1. The second-order valence-corrected chi connectivity index (χ2v) is 16.4. The monoisotopic (exact) mass is 725 g/mol. The largest absolute Gasteiger partial charge is 0.310 e. The molecule has 1 nitrogen and oxygen atoms in total. The molecule has 12 rings (SSSR count). The molecule has 0 fully saturated rings. The van der Waals surface area contributed by atoms with Gasteiger partial charge in [-0.15, -0.1) is 0 Å². The highest BCUT2D eigenvalue weighted by molar-refractivity contribution is 6.10. The van der Waals surface area contributed by atoms with Crippen LogP contribution in [-0.2, 0) is 10.8 Å². The van der Waals surface area contributed by atoms with Gasteiger partial charge in [0.25, 0.3) is 0 Å². The first-order valence-corrected chi connectivity index (χ1v) is 20.1.